The van der Waals surface area contributed by atoms with Crippen molar-refractivity contribution < 1.29 is 19.1 Å². The number of carboxylic acids is 1. The van der Waals surface area contributed by atoms with Gasteiger partial charge in [-0.3, -0.25) is 14.9 Å². The van der Waals surface area contributed by atoms with Crippen molar-refractivity contribution in [2.75, 3.05) is 6.54 Å². The molecule has 1 rings (SSSR count). The SMILES string of the molecule is CC(C)(NCC(=O)NCc1ccco1)C(=O)O. The molecule has 94 valence electrons. The number of hydrogen-bond donors (Lipinski definition) is 3. The first-order chi connectivity index (χ1) is 7.92. The Hall–Kier alpha value is -1.82. The molecule has 3 N–H and O–H groups in total. The molecule has 0 radical (unpaired) electrons. The average molecular weight is 240 g/mol. The molecule has 0 aliphatic rings. The molecule has 1 heterocycles. The first-order valence-corrected chi connectivity index (χ1v) is 5.19. The van der Waals surface area contributed by atoms with Gasteiger partial charge in [0.15, 0.2) is 0 Å². The van der Waals surface area contributed by atoms with Gasteiger partial charge < -0.3 is 14.8 Å². The molecule has 0 spiro atoms. The zero-order valence-corrected chi connectivity index (χ0v) is 9.82. The number of carbonyl (C=O) groups excluding carboxylic acids is 1. The predicted molar refractivity (Wildman–Crippen MR) is 60.3 cm³/mol. The van der Waals surface area contributed by atoms with Crippen molar-refractivity contribution in [3.8, 4) is 0 Å². The van der Waals surface area contributed by atoms with Crippen LogP contribution in [0.4, 0.5) is 0 Å². The first-order valence-electron chi connectivity index (χ1n) is 5.19. The second kappa shape index (κ2) is 5.49. The third-order valence-electron chi connectivity index (χ3n) is 2.27. The van der Waals surface area contributed by atoms with E-state index in [-0.39, 0.29) is 12.5 Å². The maximum absolute atomic E-state index is 11.4. The number of carbonyl (C=O) groups is 2. The molecule has 0 saturated carbocycles. The number of rotatable bonds is 6. The van der Waals surface area contributed by atoms with Gasteiger partial charge in [-0.1, -0.05) is 0 Å². The van der Waals surface area contributed by atoms with E-state index in [0.29, 0.717) is 12.3 Å². The number of amides is 1. The minimum Gasteiger partial charge on any atom is -0.480 e. The number of nitrogens with one attached hydrogen (secondary N) is 2. The van der Waals surface area contributed by atoms with Crippen LogP contribution < -0.4 is 10.6 Å². The van der Waals surface area contributed by atoms with Gasteiger partial charge in [0.2, 0.25) is 5.91 Å². The molecule has 0 unspecified atom stereocenters. The summed E-state index contributed by atoms with van der Waals surface area (Å²) in [7, 11) is 0. The third kappa shape index (κ3) is 4.28. The van der Waals surface area contributed by atoms with Gasteiger partial charge in [0.25, 0.3) is 0 Å². The molecule has 1 amide bonds. The average Bonchev–Trinajstić information content (AvgIpc) is 2.76. The Morgan fingerprint density at radius 3 is 2.71 bits per heavy atom. The molecule has 0 aliphatic carbocycles. The van der Waals surface area contributed by atoms with Gasteiger partial charge in [-0.05, 0) is 26.0 Å². The van der Waals surface area contributed by atoms with Crippen LogP contribution in [0.1, 0.15) is 19.6 Å². The summed E-state index contributed by atoms with van der Waals surface area (Å²) >= 11 is 0. The molecule has 0 atom stereocenters. The van der Waals surface area contributed by atoms with Crippen LogP contribution in [-0.2, 0) is 16.1 Å². The summed E-state index contributed by atoms with van der Waals surface area (Å²) in [5.41, 5.74) is -1.12. The lowest BCUT2D eigenvalue weighted by molar-refractivity contribution is -0.143. The van der Waals surface area contributed by atoms with E-state index in [1.165, 1.54) is 20.1 Å². The normalized spacial score (nSPS) is 11.2. The van der Waals surface area contributed by atoms with E-state index in [1.807, 2.05) is 0 Å². The van der Waals surface area contributed by atoms with Crippen molar-refractivity contribution in [2.45, 2.75) is 25.9 Å². The monoisotopic (exact) mass is 240 g/mol. The zero-order chi connectivity index (χ0) is 12.9. The highest BCUT2D eigenvalue weighted by Crippen LogP contribution is 2.01. The van der Waals surface area contributed by atoms with Crippen molar-refractivity contribution in [2.24, 2.45) is 0 Å². The Balaban J connectivity index is 2.28. The van der Waals surface area contributed by atoms with Crippen LogP contribution >= 0.6 is 0 Å². The van der Waals surface area contributed by atoms with Crippen LogP contribution in [0, 0.1) is 0 Å². The molecule has 0 saturated heterocycles. The van der Waals surface area contributed by atoms with Crippen molar-refractivity contribution in [1.29, 1.82) is 0 Å². The van der Waals surface area contributed by atoms with Crippen LogP contribution in [0.2, 0.25) is 0 Å². The van der Waals surface area contributed by atoms with Crippen LogP contribution in [0.25, 0.3) is 0 Å². The summed E-state index contributed by atoms with van der Waals surface area (Å²) in [6.45, 7) is 3.23. The summed E-state index contributed by atoms with van der Waals surface area (Å²) in [6, 6.07) is 3.47. The number of aliphatic carboxylic acids is 1. The first kappa shape index (κ1) is 13.2. The van der Waals surface area contributed by atoms with Gasteiger partial charge in [0.05, 0.1) is 19.4 Å². The van der Waals surface area contributed by atoms with E-state index >= 15 is 0 Å². The van der Waals surface area contributed by atoms with Crippen LogP contribution in [0.15, 0.2) is 22.8 Å². The molecule has 0 bridgehead atoms. The van der Waals surface area contributed by atoms with Gasteiger partial charge in [-0.25, -0.2) is 0 Å². The Labute approximate surface area is 99.0 Å². The lowest BCUT2D eigenvalue weighted by atomic mass is 10.1. The van der Waals surface area contributed by atoms with E-state index in [1.54, 1.807) is 12.1 Å². The second-order valence-corrected chi connectivity index (χ2v) is 4.14. The summed E-state index contributed by atoms with van der Waals surface area (Å²) in [4.78, 5) is 22.2. The molecule has 0 aliphatic heterocycles. The predicted octanol–water partition coefficient (Wildman–Crippen LogP) is 0.349. The molecule has 1 aromatic heterocycles. The minimum atomic E-state index is -1.12. The molecular formula is C11H16N2O4. The van der Waals surface area contributed by atoms with Crippen molar-refractivity contribution >= 4 is 11.9 Å². The summed E-state index contributed by atoms with van der Waals surface area (Å²) in [6.07, 6.45) is 1.52. The lowest BCUT2D eigenvalue weighted by Crippen LogP contribution is -2.50. The molecular weight excluding hydrogens is 224 g/mol. The standard InChI is InChI=1S/C11H16N2O4/c1-11(2,10(15)16)13-7-9(14)12-6-8-4-3-5-17-8/h3-5,13H,6-7H2,1-2H3,(H,12,14)(H,15,16). The third-order valence-corrected chi connectivity index (χ3v) is 2.27. The maximum atomic E-state index is 11.4. The van der Waals surface area contributed by atoms with E-state index in [4.69, 9.17) is 9.52 Å². The molecule has 0 fully saturated rings. The van der Waals surface area contributed by atoms with E-state index in [0.717, 1.165) is 0 Å². The maximum Gasteiger partial charge on any atom is 0.323 e. The molecule has 6 nitrogen and oxygen atoms in total. The topological polar surface area (TPSA) is 91.6 Å². The van der Waals surface area contributed by atoms with Crippen molar-refractivity contribution in [3.05, 3.63) is 24.2 Å². The van der Waals surface area contributed by atoms with Gasteiger partial charge in [0, 0.05) is 0 Å². The van der Waals surface area contributed by atoms with Gasteiger partial charge in [-0.2, -0.15) is 0 Å². The van der Waals surface area contributed by atoms with Gasteiger partial charge in [-0.15, -0.1) is 0 Å². The van der Waals surface area contributed by atoms with Gasteiger partial charge >= 0.3 is 5.97 Å². The second-order valence-electron chi connectivity index (χ2n) is 4.14. The molecule has 6 heteroatoms. The summed E-state index contributed by atoms with van der Waals surface area (Å²) < 4.78 is 5.04. The Kier molecular flexibility index (Phi) is 4.28. The fraction of sp³-hybridized carbons (Fsp3) is 0.455. The quantitative estimate of drug-likeness (QED) is 0.667. The highest BCUT2D eigenvalue weighted by atomic mass is 16.4. The Bertz CT molecular complexity index is 384. The van der Waals surface area contributed by atoms with Gasteiger partial charge in [0.1, 0.15) is 11.3 Å². The highest BCUT2D eigenvalue weighted by molar-refractivity contribution is 5.81. The lowest BCUT2D eigenvalue weighted by Gasteiger charge is -2.20. The van der Waals surface area contributed by atoms with Crippen molar-refractivity contribution in [3.63, 3.8) is 0 Å². The Morgan fingerprint density at radius 2 is 2.18 bits per heavy atom. The fourth-order valence-electron chi connectivity index (χ4n) is 1.04. The van der Waals surface area contributed by atoms with E-state index < -0.39 is 11.5 Å². The summed E-state index contributed by atoms with van der Waals surface area (Å²) in [5.74, 6) is -0.636. The highest BCUT2D eigenvalue weighted by Gasteiger charge is 2.26. The Morgan fingerprint density at radius 1 is 1.47 bits per heavy atom. The van der Waals surface area contributed by atoms with Crippen LogP contribution in [-0.4, -0.2) is 29.1 Å². The summed E-state index contributed by atoms with van der Waals surface area (Å²) in [5, 5.41) is 14.1. The smallest absolute Gasteiger partial charge is 0.323 e. The largest absolute Gasteiger partial charge is 0.480 e. The van der Waals surface area contributed by atoms with E-state index in [9.17, 15) is 9.59 Å². The van der Waals surface area contributed by atoms with Crippen molar-refractivity contribution in [1.82, 2.24) is 10.6 Å². The molecule has 1 aromatic rings. The minimum absolute atomic E-state index is 0.0555. The van der Waals surface area contributed by atoms with Crippen LogP contribution in [0.3, 0.4) is 0 Å². The number of furan rings is 1. The molecule has 17 heavy (non-hydrogen) atoms. The number of hydrogen-bond acceptors (Lipinski definition) is 4. The van der Waals surface area contributed by atoms with E-state index in [2.05, 4.69) is 10.6 Å². The fourth-order valence-corrected chi connectivity index (χ4v) is 1.04. The zero-order valence-electron chi connectivity index (χ0n) is 9.82. The van der Waals surface area contributed by atoms with Crippen LogP contribution in [0.5, 0.6) is 0 Å². The number of carboxylic acid groups (broad SMARTS) is 1. The molecule has 0 aromatic carbocycles.